The molecule has 2 amide bonds. The smallest absolute Gasteiger partial charge is 0.264 e. The maximum atomic E-state index is 14.1. The van der Waals surface area contributed by atoms with E-state index in [1.54, 1.807) is 79.7 Å². The Hall–Kier alpha value is -4.05. The lowest BCUT2D eigenvalue weighted by atomic mass is 10.1. The van der Waals surface area contributed by atoms with Gasteiger partial charge >= 0.3 is 0 Å². The number of rotatable bonds is 12. The van der Waals surface area contributed by atoms with Gasteiger partial charge in [0.1, 0.15) is 24.1 Å². The van der Waals surface area contributed by atoms with Crippen LogP contribution in [-0.2, 0) is 26.2 Å². The van der Waals surface area contributed by atoms with Crippen molar-refractivity contribution < 1.29 is 22.7 Å². The van der Waals surface area contributed by atoms with Crippen LogP contribution in [0.3, 0.4) is 0 Å². The van der Waals surface area contributed by atoms with Gasteiger partial charge < -0.3 is 15.0 Å². The van der Waals surface area contributed by atoms with Gasteiger partial charge in [0, 0.05) is 22.6 Å². The van der Waals surface area contributed by atoms with Crippen molar-refractivity contribution >= 4 is 50.7 Å². The second kappa shape index (κ2) is 14.6. The van der Waals surface area contributed by atoms with Gasteiger partial charge in [-0.1, -0.05) is 65.7 Å². The Kier molecular flexibility index (Phi) is 10.9. The number of carbonyl (C=O) groups is 2. The van der Waals surface area contributed by atoms with E-state index in [1.165, 1.54) is 17.0 Å². The van der Waals surface area contributed by atoms with Crippen molar-refractivity contribution in [2.24, 2.45) is 0 Å². The first-order valence-corrected chi connectivity index (χ1v) is 16.1. The van der Waals surface area contributed by atoms with Crippen molar-refractivity contribution in [2.75, 3.05) is 10.8 Å². The number of para-hydroxylation sites is 1. The number of ether oxygens (including phenoxy) is 1. The first-order valence-electron chi connectivity index (χ1n) is 13.9. The van der Waals surface area contributed by atoms with Crippen molar-refractivity contribution in [3.63, 3.8) is 0 Å². The Morgan fingerprint density at radius 2 is 1.41 bits per heavy atom. The molecular formula is C33H33Cl2N3O5S. The normalized spacial score (nSPS) is 12.0. The summed E-state index contributed by atoms with van der Waals surface area (Å²) in [5, 5.41) is 3.55. The quantitative estimate of drug-likeness (QED) is 0.179. The van der Waals surface area contributed by atoms with Gasteiger partial charge in [-0.15, -0.1) is 0 Å². The summed E-state index contributed by atoms with van der Waals surface area (Å²) in [4.78, 5) is 28.5. The monoisotopic (exact) mass is 653 g/mol. The SMILES string of the molecule is CC(C)NC(=O)[C@@H](C)N(Cc1ccc(Cl)cc1Cl)C(=O)CN(c1ccc(Oc2ccccc2)cc1)S(=O)(=O)c1ccccc1. The minimum atomic E-state index is -4.21. The van der Waals surface area contributed by atoms with Gasteiger partial charge in [-0.05, 0) is 87.0 Å². The molecule has 44 heavy (non-hydrogen) atoms. The molecule has 8 nitrogen and oxygen atoms in total. The molecule has 0 spiro atoms. The molecule has 0 aliphatic rings. The summed E-state index contributed by atoms with van der Waals surface area (Å²) in [5.41, 5.74) is 0.792. The van der Waals surface area contributed by atoms with Crippen LogP contribution in [0.5, 0.6) is 11.5 Å². The molecule has 0 bridgehead atoms. The topological polar surface area (TPSA) is 96.0 Å². The maximum Gasteiger partial charge on any atom is 0.264 e. The number of anilines is 1. The molecule has 0 aliphatic carbocycles. The molecule has 0 saturated heterocycles. The van der Waals surface area contributed by atoms with E-state index >= 15 is 0 Å². The second-order valence-electron chi connectivity index (χ2n) is 10.3. The summed E-state index contributed by atoms with van der Waals surface area (Å²) < 4.78 is 34.8. The number of halogens is 2. The van der Waals surface area contributed by atoms with E-state index in [9.17, 15) is 18.0 Å². The number of hydrogen-bond donors (Lipinski definition) is 1. The van der Waals surface area contributed by atoms with E-state index in [2.05, 4.69) is 5.32 Å². The van der Waals surface area contributed by atoms with Crippen molar-refractivity contribution in [3.8, 4) is 11.5 Å². The largest absolute Gasteiger partial charge is 0.457 e. The van der Waals surface area contributed by atoms with Gasteiger partial charge in [-0.3, -0.25) is 13.9 Å². The number of sulfonamides is 1. The zero-order valence-corrected chi connectivity index (χ0v) is 26.8. The van der Waals surface area contributed by atoms with Gasteiger partial charge in [0.05, 0.1) is 10.6 Å². The van der Waals surface area contributed by atoms with E-state index in [0.717, 1.165) is 4.31 Å². The summed E-state index contributed by atoms with van der Waals surface area (Å²) in [6.07, 6.45) is 0. The number of carbonyl (C=O) groups excluding carboxylic acids is 2. The molecule has 4 aromatic carbocycles. The summed E-state index contributed by atoms with van der Waals surface area (Å²) in [5.74, 6) is 0.112. The Morgan fingerprint density at radius 3 is 2.00 bits per heavy atom. The van der Waals surface area contributed by atoms with Gasteiger partial charge in [0.2, 0.25) is 11.8 Å². The third-order valence-corrected chi connectivity index (χ3v) is 9.04. The van der Waals surface area contributed by atoms with Crippen LogP contribution in [0.1, 0.15) is 26.3 Å². The molecule has 230 valence electrons. The van der Waals surface area contributed by atoms with Crippen LogP contribution < -0.4 is 14.4 Å². The summed E-state index contributed by atoms with van der Waals surface area (Å²) in [6, 6.07) is 27.1. The molecule has 1 atom stereocenters. The fourth-order valence-corrected chi connectivity index (χ4v) is 6.28. The molecule has 0 aromatic heterocycles. The third-order valence-electron chi connectivity index (χ3n) is 6.67. The van der Waals surface area contributed by atoms with E-state index in [1.807, 2.05) is 32.0 Å². The lowest BCUT2D eigenvalue weighted by molar-refractivity contribution is -0.139. The third kappa shape index (κ3) is 8.31. The molecule has 0 heterocycles. The Labute approximate surface area is 268 Å². The van der Waals surface area contributed by atoms with Gasteiger partial charge in [-0.2, -0.15) is 0 Å². The molecule has 0 saturated carbocycles. The van der Waals surface area contributed by atoms with E-state index in [-0.39, 0.29) is 23.2 Å². The summed E-state index contributed by atoms with van der Waals surface area (Å²) >= 11 is 12.5. The Balaban J connectivity index is 1.71. The van der Waals surface area contributed by atoms with E-state index < -0.39 is 34.4 Å². The van der Waals surface area contributed by atoms with Gasteiger partial charge in [-0.25, -0.2) is 8.42 Å². The number of nitrogens with zero attached hydrogens (tertiary/aromatic N) is 2. The summed E-state index contributed by atoms with van der Waals surface area (Å²) in [6.45, 7) is 4.58. The van der Waals surface area contributed by atoms with Gasteiger partial charge in [0.15, 0.2) is 0 Å². The molecule has 1 N–H and O–H groups in total. The Morgan fingerprint density at radius 1 is 0.818 bits per heavy atom. The molecule has 4 aromatic rings. The van der Waals surface area contributed by atoms with E-state index in [4.69, 9.17) is 27.9 Å². The van der Waals surface area contributed by atoms with Crippen LogP contribution in [0, 0.1) is 0 Å². The molecule has 4 rings (SSSR count). The van der Waals surface area contributed by atoms with Crippen LogP contribution in [0.15, 0.2) is 108 Å². The fraction of sp³-hybridized carbons (Fsp3) is 0.212. The van der Waals surface area contributed by atoms with Crippen molar-refractivity contribution in [3.05, 3.63) is 119 Å². The molecule has 0 radical (unpaired) electrons. The van der Waals surface area contributed by atoms with Crippen molar-refractivity contribution in [1.29, 1.82) is 0 Å². The number of amides is 2. The lowest BCUT2D eigenvalue weighted by Crippen LogP contribution is -2.52. The van der Waals surface area contributed by atoms with E-state index in [0.29, 0.717) is 27.1 Å². The van der Waals surface area contributed by atoms with Crippen LogP contribution in [0.25, 0.3) is 0 Å². The van der Waals surface area contributed by atoms with Crippen LogP contribution in [0.2, 0.25) is 10.0 Å². The molecule has 11 heteroatoms. The first-order chi connectivity index (χ1) is 21.0. The fourth-order valence-electron chi connectivity index (χ4n) is 4.37. The average Bonchev–Trinajstić information content (AvgIpc) is 3.00. The lowest BCUT2D eigenvalue weighted by Gasteiger charge is -2.32. The van der Waals surface area contributed by atoms with Gasteiger partial charge in [0.25, 0.3) is 10.0 Å². The number of nitrogens with one attached hydrogen (secondary N) is 1. The molecular weight excluding hydrogens is 621 g/mol. The molecule has 0 fully saturated rings. The van der Waals surface area contributed by atoms with Crippen LogP contribution in [0.4, 0.5) is 5.69 Å². The molecule has 0 aliphatic heterocycles. The molecule has 0 unspecified atom stereocenters. The van der Waals surface area contributed by atoms with Crippen LogP contribution >= 0.6 is 23.2 Å². The Bertz CT molecular complexity index is 1690. The summed E-state index contributed by atoms with van der Waals surface area (Å²) in [7, 11) is -4.21. The standard InChI is InChI=1S/C33H33Cl2N3O5S/c1-23(2)36-33(40)24(3)37(21-25-14-15-26(34)20-31(25)35)32(39)22-38(44(41,42)30-12-8-5-9-13-30)27-16-18-29(19-17-27)43-28-10-6-4-7-11-28/h4-20,23-24H,21-22H2,1-3H3,(H,36,40)/t24-/m1/s1. The van der Waals surface area contributed by atoms with Crippen molar-refractivity contribution in [2.45, 2.75) is 44.3 Å². The first kappa shape index (κ1) is 32.9. The second-order valence-corrected chi connectivity index (χ2v) is 13.0. The highest BCUT2D eigenvalue weighted by atomic mass is 35.5. The average molecular weight is 655 g/mol. The highest BCUT2D eigenvalue weighted by Crippen LogP contribution is 2.29. The number of benzene rings is 4. The zero-order valence-electron chi connectivity index (χ0n) is 24.5. The number of hydrogen-bond acceptors (Lipinski definition) is 5. The minimum Gasteiger partial charge on any atom is -0.457 e. The zero-order chi connectivity index (χ0) is 31.9. The van der Waals surface area contributed by atoms with Crippen LogP contribution in [-0.4, -0.2) is 43.8 Å². The minimum absolute atomic E-state index is 0.00954. The maximum absolute atomic E-state index is 14.1. The highest BCUT2D eigenvalue weighted by molar-refractivity contribution is 7.92. The predicted octanol–water partition coefficient (Wildman–Crippen LogP) is 6.92. The predicted molar refractivity (Wildman–Crippen MR) is 174 cm³/mol. The van der Waals surface area contributed by atoms with Crippen molar-refractivity contribution in [1.82, 2.24) is 10.2 Å². The highest BCUT2D eigenvalue weighted by Gasteiger charge is 2.33.